The van der Waals surface area contributed by atoms with E-state index in [1.54, 1.807) is 6.92 Å². The van der Waals surface area contributed by atoms with Gasteiger partial charge >= 0.3 is 0 Å². The third kappa shape index (κ3) is 3.74. The van der Waals surface area contributed by atoms with Gasteiger partial charge in [-0.25, -0.2) is 0 Å². The van der Waals surface area contributed by atoms with Gasteiger partial charge in [-0.15, -0.1) is 0 Å². The zero-order valence-electron chi connectivity index (χ0n) is 14.0. The highest BCUT2D eigenvalue weighted by Gasteiger charge is 2.15. The number of amides is 1. The molecule has 0 aliphatic carbocycles. The highest BCUT2D eigenvalue weighted by molar-refractivity contribution is 5.96. The molecule has 3 aromatic carbocycles. The Morgan fingerprint density at radius 2 is 1.71 bits per heavy atom. The summed E-state index contributed by atoms with van der Waals surface area (Å²) in [6.45, 7) is 3.86. The van der Waals surface area contributed by atoms with E-state index in [4.69, 9.17) is 4.74 Å². The van der Waals surface area contributed by atoms with Crippen LogP contribution >= 0.6 is 0 Å². The lowest BCUT2D eigenvalue weighted by atomic mass is 10.1. The zero-order chi connectivity index (χ0) is 16.9. The lowest BCUT2D eigenvalue weighted by molar-refractivity contribution is -0.122. The number of rotatable bonds is 5. The minimum atomic E-state index is -0.566. The van der Waals surface area contributed by atoms with Crippen molar-refractivity contribution in [3.63, 3.8) is 0 Å². The Bertz CT molecular complexity index is 840. The van der Waals surface area contributed by atoms with Gasteiger partial charge in [0.05, 0.1) is 0 Å². The molecule has 0 spiro atoms. The number of hydrogen-bond acceptors (Lipinski definition) is 2. The SMILES string of the molecule is CCc1ccc(O[C@H](C)C(=O)Nc2ccc3ccccc3c2)cc1. The van der Waals surface area contributed by atoms with Crippen LogP contribution in [0.4, 0.5) is 5.69 Å². The first-order chi connectivity index (χ1) is 11.7. The number of hydrogen-bond donors (Lipinski definition) is 1. The van der Waals surface area contributed by atoms with Crippen molar-refractivity contribution >= 4 is 22.4 Å². The van der Waals surface area contributed by atoms with Crippen molar-refractivity contribution in [1.29, 1.82) is 0 Å². The first kappa shape index (κ1) is 16.1. The summed E-state index contributed by atoms with van der Waals surface area (Å²) in [4.78, 5) is 12.3. The van der Waals surface area contributed by atoms with E-state index in [-0.39, 0.29) is 5.91 Å². The Morgan fingerprint density at radius 1 is 1.00 bits per heavy atom. The summed E-state index contributed by atoms with van der Waals surface area (Å²) < 4.78 is 5.72. The van der Waals surface area contributed by atoms with Crippen LogP contribution in [0.25, 0.3) is 10.8 Å². The third-order valence-electron chi connectivity index (χ3n) is 4.03. The number of anilines is 1. The molecule has 0 aliphatic heterocycles. The van der Waals surface area contributed by atoms with Crippen LogP contribution < -0.4 is 10.1 Å². The molecule has 0 saturated carbocycles. The maximum Gasteiger partial charge on any atom is 0.265 e. The highest BCUT2D eigenvalue weighted by Crippen LogP contribution is 2.20. The smallest absolute Gasteiger partial charge is 0.265 e. The Labute approximate surface area is 142 Å². The van der Waals surface area contributed by atoms with E-state index in [1.165, 1.54) is 5.56 Å². The summed E-state index contributed by atoms with van der Waals surface area (Å²) >= 11 is 0. The van der Waals surface area contributed by atoms with Crippen molar-refractivity contribution in [3.8, 4) is 5.75 Å². The fraction of sp³-hybridized carbons (Fsp3) is 0.190. The standard InChI is InChI=1S/C21H21NO2/c1-3-16-8-12-20(13-9-16)24-15(2)21(23)22-19-11-10-17-6-4-5-7-18(17)14-19/h4-15H,3H2,1-2H3,(H,22,23)/t15-/m1/s1. The van der Waals surface area contributed by atoms with Gasteiger partial charge in [0, 0.05) is 5.69 Å². The second-order valence-electron chi connectivity index (χ2n) is 5.81. The monoisotopic (exact) mass is 319 g/mol. The lowest BCUT2D eigenvalue weighted by Gasteiger charge is -2.15. The number of ether oxygens (including phenoxy) is 1. The molecule has 122 valence electrons. The van der Waals surface area contributed by atoms with Crippen molar-refractivity contribution in [3.05, 3.63) is 72.3 Å². The van der Waals surface area contributed by atoms with Crippen molar-refractivity contribution in [2.24, 2.45) is 0 Å². The van der Waals surface area contributed by atoms with Crippen LogP contribution in [0.3, 0.4) is 0 Å². The summed E-state index contributed by atoms with van der Waals surface area (Å²) in [5, 5.41) is 5.16. The number of aryl methyl sites for hydroxylation is 1. The lowest BCUT2D eigenvalue weighted by Crippen LogP contribution is -2.30. The summed E-state index contributed by atoms with van der Waals surface area (Å²) in [6, 6.07) is 21.8. The van der Waals surface area contributed by atoms with Crippen LogP contribution in [0, 0.1) is 0 Å². The van der Waals surface area contributed by atoms with Gasteiger partial charge in [0.15, 0.2) is 6.10 Å². The molecule has 0 radical (unpaired) electrons. The van der Waals surface area contributed by atoms with Crippen molar-refractivity contribution in [2.45, 2.75) is 26.4 Å². The van der Waals surface area contributed by atoms with E-state index in [2.05, 4.69) is 12.2 Å². The largest absolute Gasteiger partial charge is 0.481 e. The van der Waals surface area contributed by atoms with Crippen molar-refractivity contribution in [2.75, 3.05) is 5.32 Å². The van der Waals surface area contributed by atoms with Gasteiger partial charge in [0.25, 0.3) is 5.91 Å². The van der Waals surface area contributed by atoms with Crippen LogP contribution in [-0.2, 0) is 11.2 Å². The van der Waals surface area contributed by atoms with Crippen LogP contribution in [0.5, 0.6) is 5.75 Å². The quantitative estimate of drug-likeness (QED) is 0.733. The fourth-order valence-corrected chi connectivity index (χ4v) is 2.57. The molecule has 0 saturated heterocycles. The maximum absolute atomic E-state index is 12.3. The highest BCUT2D eigenvalue weighted by atomic mass is 16.5. The van der Waals surface area contributed by atoms with Gasteiger partial charge in [0.1, 0.15) is 5.75 Å². The average molecular weight is 319 g/mol. The molecule has 0 unspecified atom stereocenters. The second-order valence-corrected chi connectivity index (χ2v) is 5.81. The molecule has 3 rings (SSSR count). The first-order valence-electron chi connectivity index (χ1n) is 8.21. The van der Waals surface area contributed by atoms with E-state index in [0.29, 0.717) is 5.75 Å². The molecule has 0 bridgehead atoms. The normalized spacial score (nSPS) is 11.9. The Balaban J connectivity index is 1.66. The minimum absolute atomic E-state index is 0.162. The predicted molar refractivity (Wildman–Crippen MR) is 98.5 cm³/mol. The first-order valence-corrected chi connectivity index (χ1v) is 8.21. The molecule has 1 amide bonds. The summed E-state index contributed by atoms with van der Waals surface area (Å²) in [5.41, 5.74) is 2.02. The fourth-order valence-electron chi connectivity index (χ4n) is 2.57. The van der Waals surface area contributed by atoms with E-state index >= 15 is 0 Å². The molecule has 0 heterocycles. The van der Waals surface area contributed by atoms with E-state index in [1.807, 2.05) is 66.7 Å². The minimum Gasteiger partial charge on any atom is -0.481 e. The molecule has 0 aliphatic rings. The summed E-state index contributed by atoms with van der Waals surface area (Å²) in [5.74, 6) is 0.540. The molecule has 1 N–H and O–H groups in total. The van der Waals surface area contributed by atoms with Gasteiger partial charge in [-0.3, -0.25) is 4.79 Å². The zero-order valence-corrected chi connectivity index (χ0v) is 14.0. The Kier molecular flexibility index (Phi) is 4.80. The third-order valence-corrected chi connectivity index (χ3v) is 4.03. The van der Waals surface area contributed by atoms with Gasteiger partial charge in [-0.05, 0) is 53.9 Å². The van der Waals surface area contributed by atoms with Crippen molar-refractivity contribution in [1.82, 2.24) is 0 Å². The summed E-state index contributed by atoms with van der Waals surface area (Å²) in [7, 11) is 0. The molecular formula is C21H21NO2. The van der Waals surface area contributed by atoms with Crippen LogP contribution in [0.2, 0.25) is 0 Å². The molecule has 0 fully saturated rings. The second kappa shape index (κ2) is 7.18. The topological polar surface area (TPSA) is 38.3 Å². The average Bonchev–Trinajstić information content (AvgIpc) is 2.62. The molecule has 3 aromatic rings. The Hall–Kier alpha value is -2.81. The number of fused-ring (bicyclic) bond motifs is 1. The van der Waals surface area contributed by atoms with Gasteiger partial charge in [-0.2, -0.15) is 0 Å². The number of nitrogens with one attached hydrogen (secondary N) is 1. The number of benzene rings is 3. The number of carbonyl (C=O) groups excluding carboxylic acids is 1. The number of carbonyl (C=O) groups is 1. The molecule has 0 aromatic heterocycles. The van der Waals surface area contributed by atoms with Crippen LogP contribution in [0.15, 0.2) is 66.7 Å². The predicted octanol–water partition coefficient (Wildman–Crippen LogP) is 4.81. The molecule has 3 heteroatoms. The van der Waals surface area contributed by atoms with Crippen LogP contribution in [0.1, 0.15) is 19.4 Å². The van der Waals surface area contributed by atoms with E-state index in [9.17, 15) is 4.79 Å². The van der Waals surface area contributed by atoms with Crippen LogP contribution in [-0.4, -0.2) is 12.0 Å². The van der Waals surface area contributed by atoms with Gasteiger partial charge < -0.3 is 10.1 Å². The molecular weight excluding hydrogens is 298 g/mol. The van der Waals surface area contributed by atoms with Gasteiger partial charge in [-0.1, -0.05) is 49.4 Å². The van der Waals surface area contributed by atoms with Gasteiger partial charge in [0.2, 0.25) is 0 Å². The van der Waals surface area contributed by atoms with E-state index < -0.39 is 6.10 Å². The summed E-state index contributed by atoms with van der Waals surface area (Å²) in [6.07, 6.45) is 0.419. The van der Waals surface area contributed by atoms with E-state index in [0.717, 1.165) is 22.9 Å². The molecule has 24 heavy (non-hydrogen) atoms. The maximum atomic E-state index is 12.3. The van der Waals surface area contributed by atoms with Crippen molar-refractivity contribution < 1.29 is 9.53 Å². The molecule has 3 nitrogen and oxygen atoms in total. The molecule has 1 atom stereocenters. The Morgan fingerprint density at radius 3 is 2.42 bits per heavy atom.